The lowest BCUT2D eigenvalue weighted by atomic mass is 10.1. The lowest BCUT2D eigenvalue weighted by Crippen LogP contribution is -2.13. The van der Waals surface area contributed by atoms with Crippen molar-refractivity contribution in [2.45, 2.75) is 20.8 Å². The van der Waals surface area contributed by atoms with Gasteiger partial charge in [0.2, 0.25) is 5.91 Å². The molecular weight excluding hydrogens is 238 g/mol. The second kappa shape index (κ2) is 5.68. The summed E-state index contributed by atoms with van der Waals surface area (Å²) in [5.41, 5.74) is 8.92. The first-order valence-corrected chi connectivity index (χ1v) is 5.75. The molecule has 0 aliphatic rings. The van der Waals surface area contributed by atoms with Gasteiger partial charge >= 0.3 is 0 Å². The normalized spacial score (nSPS) is 11.4. The molecule has 1 aromatic carbocycles. The van der Waals surface area contributed by atoms with Crippen LogP contribution in [0.15, 0.2) is 17.1 Å². The van der Waals surface area contributed by atoms with E-state index in [1.807, 2.05) is 26.0 Å². The molecule has 17 heavy (non-hydrogen) atoms. The number of benzene rings is 1. The van der Waals surface area contributed by atoms with E-state index >= 15 is 0 Å². The molecule has 0 fully saturated rings. The van der Waals surface area contributed by atoms with Crippen LogP contribution in [-0.2, 0) is 4.79 Å². The lowest BCUT2D eigenvalue weighted by Gasteiger charge is -2.11. The zero-order valence-electron chi connectivity index (χ0n) is 10.2. The maximum absolute atomic E-state index is 11.1. The first kappa shape index (κ1) is 13.5. The van der Waals surface area contributed by atoms with Gasteiger partial charge < -0.3 is 11.1 Å². The molecule has 5 heteroatoms. The number of nitrogens with one attached hydrogen (secondary N) is 1. The van der Waals surface area contributed by atoms with Crippen molar-refractivity contribution in [3.8, 4) is 0 Å². The van der Waals surface area contributed by atoms with Crippen molar-refractivity contribution in [1.82, 2.24) is 0 Å². The van der Waals surface area contributed by atoms with Crippen LogP contribution < -0.4 is 11.1 Å². The molecule has 1 rings (SSSR count). The number of hydrogen-bond donors (Lipinski definition) is 2. The minimum absolute atomic E-state index is 0.141. The van der Waals surface area contributed by atoms with Gasteiger partial charge in [-0.25, -0.2) is 4.99 Å². The van der Waals surface area contributed by atoms with E-state index in [0.29, 0.717) is 17.2 Å². The van der Waals surface area contributed by atoms with Crippen LogP contribution in [0.5, 0.6) is 0 Å². The van der Waals surface area contributed by atoms with E-state index in [0.717, 1.165) is 11.1 Å². The average Bonchev–Trinajstić information content (AvgIpc) is 2.22. The number of alkyl halides is 1. The molecule has 0 spiro atoms. The highest BCUT2D eigenvalue weighted by atomic mass is 35.5. The smallest absolute Gasteiger partial charge is 0.221 e. The summed E-state index contributed by atoms with van der Waals surface area (Å²) < 4.78 is 0. The van der Waals surface area contributed by atoms with Gasteiger partial charge in [-0.3, -0.25) is 4.79 Å². The SMILES string of the molecule is CC(=O)Nc1c(C)cc(C)cc1N=C(N)CCl. The minimum Gasteiger partial charge on any atom is -0.386 e. The number of nitrogens with zero attached hydrogens (tertiary/aromatic N) is 1. The van der Waals surface area contributed by atoms with Crippen LogP contribution in [0, 0.1) is 13.8 Å². The van der Waals surface area contributed by atoms with Crippen LogP contribution in [0.2, 0.25) is 0 Å². The van der Waals surface area contributed by atoms with Crippen molar-refractivity contribution in [2.75, 3.05) is 11.2 Å². The molecule has 0 aliphatic carbocycles. The van der Waals surface area contributed by atoms with Crippen molar-refractivity contribution in [3.63, 3.8) is 0 Å². The van der Waals surface area contributed by atoms with Gasteiger partial charge in [0, 0.05) is 6.92 Å². The Labute approximate surface area is 106 Å². The maximum atomic E-state index is 11.1. The highest BCUT2D eigenvalue weighted by Crippen LogP contribution is 2.30. The Morgan fingerprint density at radius 3 is 2.65 bits per heavy atom. The Kier molecular flexibility index (Phi) is 4.52. The number of halogens is 1. The number of rotatable bonds is 3. The zero-order valence-corrected chi connectivity index (χ0v) is 10.9. The van der Waals surface area contributed by atoms with E-state index in [1.54, 1.807) is 0 Å². The number of carbonyl (C=O) groups excluding carboxylic acids is 1. The number of carbonyl (C=O) groups is 1. The average molecular weight is 254 g/mol. The molecule has 0 saturated carbocycles. The predicted molar refractivity (Wildman–Crippen MR) is 72.2 cm³/mol. The zero-order chi connectivity index (χ0) is 13.0. The summed E-state index contributed by atoms with van der Waals surface area (Å²) in [6.45, 7) is 5.33. The summed E-state index contributed by atoms with van der Waals surface area (Å²) in [5, 5.41) is 2.75. The Balaban J connectivity index is 3.29. The first-order chi connectivity index (χ1) is 7.93. The molecule has 92 valence electrons. The van der Waals surface area contributed by atoms with Crippen LogP contribution in [-0.4, -0.2) is 17.6 Å². The number of nitrogens with two attached hydrogens (primary N) is 1. The molecule has 0 heterocycles. The molecular formula is C12H16ClN3O. The van der Waals surface area contributed by atoms with E-state index in [-0.39, 0.29) is 11.8 Å². The van der Waals surface area contributed by atoms with Gasteiger partial charge in [-0.05, 0) is 31.0 Å². The highest BCUT2D eigenvalue weighted by molar-refractivity contribution is 6.28. The van der Waals surface area contributed by atoms with Crippen molar-refractivity contribution < 1.29 is 4.79 Å². The van der Waals surface area contributed by atoms with Crippen LogP contribution >= 0.6 is 11.6 Å². The quantitative estimate of drug-likeness (QED) is 0.494. The van der Waals surface area contributed by atoms with Gasteiger partial charge in [-0.1, -0.05) is 6.07 Å². The van der Waals surface area contributed by atoms with E-state index < -0.39 is 0 Å². The lowest BCUT2D eigenvalue weighted by molar-refractivity contribution is -0.114. The van der Waals surface area contributed by atoms with Crippen molar-refractivity contribution in [3.05, 3.63) is 23.3 Å². The second-order valence-corrected chi connectivity index (χ2v) is 4.16. The van der Waals surface area contributed by atoms with E-state index in [1.165, 1.54) is 6.92 Å². The fourth-order valence-electron chi connectivity index (χ4n) is 1.56. The van der Waals surface area contributed by atoms with Gasteiger partial charge in [0.1, 0.15) is 5.84 Å². The fourth-order valence-corrected chi connectivity index (χ4v) is 1.62. The summed E-state index contributed by atoms with van der Waals surface area (Å²) in [6.07, 6.45) is 0. The molecule has 3 N–H and O–H groups in total. The topological polar surface area (TPSA) is 67.5 Å². The standard InChI is InChI=1S/C12H16ClN3O/c1-7-4-8(2)12(15-9(3)17)10(5-7)16-11(14)6-13/h4-5H,6H2,1-3H3,(H2,14,16)(H,15,17). The minimum atomic E-state index is -0.141. The third-order valence-electron chi connectivity index (χ3n) is 2.16. The summed E-state index contributed by atoms with van der Waals surface area (Å²) in [7, 11) is 0. The molecule has 0 aromatic heterocycles. The number of aryl methyl sites for hydroxylation is 2. The first-order valence-electron chi connectivity index (χ1n) is 5.22. The maximum Gasteiger partial charge on any atom is 0.221 e. The molecule has 1 aromatic rings. The van der Waals surface area contributed by atoms with Crippen LogP contribution in [0.4, 0.5) is 11.4 Å². The summed E-state index contributed by atoms with van der Waals surface area (Å²) in [6, 6.07) is 3.83. The molecule has 1 amide bonds. The molecule has 0 aliphatic heterocycles. The third kappa shape index (κ3) is 3.75. The largest absolute Gasteiger partial charge is 0.386 e. The van der Waals surface area contributed by atoms with Crippen molar-refractivity contribution >= 4 is 34.7 Å². The van der Waals surface area contributed by atoms with Crippen LogP contribution in [0.25, 0.3) is 0 Å². The number of hydrogen-bond acceptors (Lipinski definition) is 2. The van der Waals surface area contributed by atoms with Gasteiger partial charge in [0.15, 0.2) is 0 Å². The number of amidine groups is 1. The van der Waals surface area contributed by atoms with Crippen molar-refractivity contribution in [2.24, 2.45) is 10.7 Å². The van der Waals surface area contributed by atoms with E-state index in [2.05, 4.69) is 10.3 Å². The summed E-state index contributed by atoms with van der Waals surface area (Å²) in [5.74, 6) is 0.341. The molecule has 0 atom stereocenters. The van der Waals surface area contributed by atoms with E-state index in [9.17, 15) is 4.79 Å². The van der Waals surface area contributed by atoms with Crippen LogP contribution in [0.3, 0.4) is 0 Å². The van der Waals surface area contributed by atoms with Gasteiger partial charge in [-0.15, -0.1) is 11.6 Å². The molecule has 0 unspecified atom stereocenters. The monoisotopic (exact) mass is 253 g/mol. The third-order valence-corrected chi connectivity index (χ3v) is 2.43. The fraction of sp³-hybridized carbons (Fsp3) is 0.333. The summed E-state index contributed by atoms with van der Waals surface area (Å²) in [4.78, 5) is 15.3. The van der Waals surface area contributed by atoms with Gasteiger partial charge in [0.25, 0.3) is 0 Å². The number of amides is 1. The Hall–Kier alpha value is -1.55. The Morgan fingerprint density at radius 1 is 1.47 bits per heavy atom. The highest BCUT2D eigenvalue weighted by Gasteiger charge is 2.08. The van der Waals surface area contributed by atoms with Gasteiger partial charge in [0.05, 0.1) is 17.3 Å². The Bertz CT molecular complexity index is 469. The molecule has 0 bridgehead atoms. The number of anilines is 1. The van der Waals surface area contributed by atoms with Crippen LogP contribution in [0.1, 0.15) is 18.1 Å². The second-order valence-electron chi connectivity index (χ2n) is 3.89. The van der Waals surface area contributed by atoms with E-state index in [4.69, 9.17) is 17.3 Å². The van der Waals surface area contributed by atoms with Gasteiger partial charge in [-0.2, -0.15) is 0 Å². The predicted octanol–water partition coefficient (Wildman–Crippen LogP) is 2.49. The van der Waals surface area contributed by atoms with Crippen molar-refractivity contribution in [1.29, 1.82) is 0 Å². The Morgan fingerprint density at radius 2 is 2.12 bits per heavy atom. The molecule has 0 radical (unpaired) electrons. The summed E-state index contributed by atoms with van der Waals surface area (Å²) >= 11 is 5.60. The molecule has 4 nitrogen and oxygen atoms in total. The molecule has 0 saturated heterocycles. The number of aliphatic imine (C=N–C) groups is 1.